The Bertz CT molecular complexity index is 366. The highest BCUT2D eigenvalue weighted by atomic mass is 32.2. The van der Waals surface area contributed by atoms with Gasteiger partial charge in [0, 0.05) is 13.1 Å². The van der Waals surface area contributed by atoms with E-state index in [0.29, 0.717) is 11.8 Å². The molecule has 94 valence electrons. The fourth-order valence-corrected chi connectivity index (χ4v) is 2.16. The molecule has 1 rings (SSSR count). The molecule has 0 unspecified atom stereocenters. The molecule has 5 nitrogen and oxygen atoms in total. The lowest BCUT2D eigenvalue weighted by Crippen LogP contribution is -2.07. The average Bonchev–Trinajstić information content (AvgIpc) is 2.36. The van der Waals surface area contributed by atoms with E-state index in [0.717, 1.165) is 10.8 Å². The molecule has 0 aliphatic heterocycles. The summed E-state index contributed by atoms with van der Waals surface area (Å²) in [6.07, 6.45) is 1.91. The lowest BCUT2D eigenvalue weighted by Gasteiger charge is -2.05. The van der Waals surface area contributed by atoms with Crippen molar-refractivity contribution in [3.05, 3.63) is 6.07 Å². The van der Waals surface area contributed by atoms with Crippen molar-refractivity contribution in [3.8, 4) is 0 Å². The highest BCUT2D eigenvalue weighted by Crippen LogP contribution is 2.21. The number of aromatic nitrogens is 2. The molecule has 0 aliphatic rings. The predicted octanol–water partition coefficient (Wildman–Crippen LogP) is 1.90. The van der Waals surface area contributed by atoms with Crippen LogP contribution in [0.15, 0.2) is 16.2 Å². The van der Waals surface area contributed by atoms with E-state index in [1.54, 1.807) is 14.0 Å². The third-order valence-electron chi connectivity index (χ3n) is 1.76. The molecule has 7 heteroatoms. The summed E-state index contributed by atoms with van der Waals surface area (Å²) in [6.45, 7) is 2.19. The SMILES string of the molecule is CCOC(=O)CSc1cc(NC)nc(SC)n1. The highest BCUT2D eigenvalue weighted by molar-refractivity contribution is 8.00. The Morgan fingerprint density at radius 1 is 1.53 bits per heavy atom. The molecular weight excluding hydrogens is 258 g/mol. The maximum absolute atomic E-state index is 11.2. The van der Waals surface area contributed by atoms with Crippen LogP contribution in [0.2, 0.25) is 0 Å². The highest BCUT2D eigenvalue weighted by Gasteiger charge is 2.07. The van der Waals surface area contributed by atoms with Gasteiger partial charge in [0.15, 0.2) is 5.16 Å². The molecule has 0 fully saturated rings. The van der Waals surface area contributed by atoms with E-state index in [4.69, 9.17) is 4.74 Å². The van der Waals surface area contributed by atoms with Crippen LogP contribution >= 0.6 is 23.5 Å². The van der Waals surface area contributed by atoms with Gasteiger partial charge in [-0.2, -0.15) is 0 Å². The fourth-order valence-electron chi connectivity index (χ4n) is 1.03. The van der Waals surface area contributed by atoms with Gasteiger partial charge in [-0.25, -0.2) is 9.97 Å². The molecular formula is C10H15N3O2S2. The van der Waals surface area contributed by atoms with E-state index < -0.39 is 0 Å². The van der Waals surface area contributed by atoms with Gasteiger partial charge >= 0.3 is 5.97 Å². The van der Waals surface area contributed by atoms with Crippen molar-refractivity contribution < 1.29 is 9.53 Å². The normalized spacial score (nSPS) is 10.1. The molecule has 0 aromatic carbocycles. The molecule has 0 spiro atoms. The van der Waals surface area contributed by atoms with Crippen molar-refractivity contribution in [2.24, 2.45) is 0 Å². The lowest BCUT2D eigenvalue weighted by molar-refractivity contribution is -0.139. The minimum atomic E-state index is -0.229. The van der Waals surface area contributed by atoms with E-state index in [1.165, 1.54) is 23.5 Å². The number of nitrogens with one attached hydrogen (secondary N) is 1. The van der Waals surface area contributed by atoms with Gasteiger partial charge in [-0.1, -0.05) is 23.5 Å². The van der Waals surface area contributed by atoms with Crippen LogP contribution in [0.3, 0.4) is 0 Å². The van der Waals surface area contributed by atoms with Crippen molar-refractivity contribution in [2.45, 2.75) is 17.1 Å². The minimum Gasteiger partial charge on any atom is -0.465 e. The summed E-state index contributed by atoms with van der Waals surface area (Å²) in [5, 5.41) is 4.41. The Labute approximate surface area is 109 Å². The number of hydrogen-bond acceptors (Lipinski definition) is 7. The van der Waals surface area contributed by atoms with E-state index in [1.807, 2.05) is 12.3 Å². The maximum Gasteiger partial charge on any atom is 0.316 e. The molecule has 1 aromatic rings. The van der Waals surface area contributed by atoms with Crippen molar-refractivity contribution in [2.75, 3.05) is 31.0 Å². The molecule has 0 atom stereocenters. The van der Waals surface area contributed by atoms with Crippen LogP contribution in [0.25, 0.3) is 0 Å². The first-order valence-corrected chi connectivity index (χ1v) is 7.29. The summed E-state index contributed by atoms with van der Waals surface area (Å²) in [4.78, 5) is 19.8. The zero-order chi connectivity index (χ0) is 12.7. The van der Waals surface area contributed by atoms with Crippen LogP contribution < -0.4 is 5.32 Å². The van der Waals surface area contributed by atoms with Crippen LogP contribution in [0, 0.1) is 0 Å². The summed E-state index contributed by atoms with van der Waals surface area (Å²) in [7, 11) is 1.80. The van der Waals surface area contributed by atoms with E-state index in [9.17, 15) is 4.79 Å². The van der Waals surface area contributed by atoms with Gasteiger partial charge in [-0.3, -0.25) is 4.79 Å². The standard InChI is InChI=1S/C10H15N3O2S2/c1-4-15-9(14)6-17-8-5-7(11-2)12-10(13-8)16-3/h5H,4,6H2,1-3H3,(H,11,12,13). The number of nitrogens with zero attached hydrogens (tertiary/aromatic N) is 2. The summed E-state index contributed by atoms with van der Waals surface area (Å²) < 4.78 is 4.85. The third-order valence-corrected chi connectivity index (χ3v) is 3.20. The molecule has 0 saturated carbocycles. The van der Waals surface area contributed by atoms with Gasteiger partial charge in [0.2, 0.25) is 0 Å². The summed E-state index contributed by atoms with van der Waals surface area (Å²) in [5.41, 5.74) is 0. The number of hydrogen-bond donors (Lipinski definition) is 1. The number of rotatable bonds is 6. The molecule has 1 heterocycles. The number of carbonyl (C=O) groups is 1. The van der Waals surface area contributed by atoms with Crippen LogP contribution in [-0.2, 0) is 9.53 Å². The van der Waals surface area contributed by atoms with Crippen LogP contribution in [0.1, 0.15) is 6.92 Å². The Hall–Kier alpha value is -0.950. The largest absolute Gasteiger partial charge is 0.465 e. The number of anilines is 1. The molecule has 1 N–H and O–H groups in total. The monoisotopic (exact) mass is 273 g/mol. The second-order valence-electron chi connectivity index (χ2n) is 2.92. The minimum absolute atomic E-state index is 0.229. The van der Waals surface area contributed by atoms with E-state index in [2.05, 4.69) is 15.3 Å². The van der Waals surface area contributed by atoms with Gasteiger partial charge < -0.3 is 10.1 Å². The summed E-state index contributed by atoms with van der Waals surface area (Å²) >= 11 is 2.81. The summed E-state index contributed by atoms with van der Waals surface area (Å²) in [5.74, 6) is 0.783. The van der Waals surface area contributed by atoms with Crippen LogP contribution in [0.4, 0.5) is 5.82 Å². The zero-order valence-corrected chi connectivity index (χ0v) is 11.7. The number of esters is 1. The van der Waals surface area contributed by atoms with E-state index >= 15 is 0 Å². The molecule has 0 aliphatic carbocycles. The fraction of sp³-hybridized carbons (Fsp3) is 0.500. The first kappa shape index (κ1) is 14.1. The van der Waals surface area contributed by atoms with Gasteiger partial charge in [-0.05, 0) is 13.2 Å². The quantitative estimate of drug-likeness (QED) is 0.367. The third kappa shape index (κ3) is 4.82. The predicted molar refractivity (Wildman–Crippen MR) is 70.7 cm³/mol. The maximum atomic E-state index is 11.2. The molecule has 0 saturated heterocycles. The Morgan fingerprint density at radius 3 is 2.88 bits per heavy atom. The van der Waals surface area contributed by atoms with Crippen molar-refractivity contribution >= 4 is 35.3 Å². The van der Waals surface area contributed by atoms with Gasteiger partial charge in [-0.15, -0.1) is 0 Å². The molecule has 17 heavy (non-hydrogen) atoms. The number of carbonyl (C=O) groups excluding carboxylic acids is 1. The van der Waals surface area contributed by atoms with Crippen molar-refractivity contribution in [3.63, 3.8) is 0 Å². The first-order chi connectivity index (χ1) is 8.19. The Morgan fingerprint density at radius 2 is 2.29 bits per heavy atom. The topological polar surface area (TPSA) is 64.1 Å². The second-order valence-corrected chi connectivity index (χ2v) is 4.69. The molecule has 1 aromatic heterocycles. The zero-order valence-electron chi connectivity index (χ0n) is 10.0. The van der Waals surface area contributed by atoms with Crippen molar-refractivity contribution in [1.82, 2.24) is 9.97 Å². The molecule has 0 bridgehead atoms. The molecule has 0 radical (unpaired) electrons. The lowest BCUT2D eigenvalue weighted by atomic mass is 10.6. The van der Waals surface area contributed by atoms with Crippen LogP contribution in [-0.4, -0.2) is 41.6 Å². The Kier molecular flexibility index (Phi) is 6.13. The van der Waals surface area contributed by atoms with Crippen molar-refractivity contribution in [1.29, 1.82) is 0 Å². The van der Waals surface area contributed by atoms with Gasteiger partial charge in [0.05, 0.1) is 12.4 Å². The van der Waals surface area contributed by atoms with Gasteiger partial charge in [0.1, 0.15) is 10.8 Å². The Balaban J connectivity index is 2.66. The first-order valence-electron chi connectivity index (χ1n) is 5.08. The summed E-state index contributed by atoms with van der Waals surface area (Å²) in [6, 6.07) is 1.81. The number of ether oxygens (including phenoxy) is 1. The van der Waals surface area contributed by atoms with Gasteiger partial charge in [0.25, 0.3) is 0 Å². The molecule has 0 amide bonds. The average molecular weight is 273 g/mol. The smallest absolute Gasteiger partial charge is 0.316 e. The van der Waals surface area contributed by atoms with E-state index in [-0.39, 0.29) is 11.7 Å². The van der Waals surface area contributed by atoms with Crippen LogP contribution in [0.5, 0.6) is 0 Å². The second kappa shape index (κ2) is 7.39. The number of thioether (sulfide) groups is 2.